The van der Waals surface area contributed by atoms with Crippen LogP contribution in [0.15, 0.2) is 138 Å². The highest BCUT2D eigenvalue weighted by Gasteiger charge is 2.30. The van der Waals surface area contributed by atoms with E-state index < -0.39 is 0 Å². The van der Waals surface area contributed by atoms with Gasteiger partial charge in [0.2, 0.25) is 0 Å². The van der Waals surface area contributed by atoms with Gasteiger partial charge in [0.25, 0.3) is 0 Å². The van der Waals surface area contributed by atoms with Gasteiger partial charge in [-0.2, -0.15) is 0 Å². The number of nitrogens with zero attached hydrogens (tertiary/aromatic N) is 1. The van der Waals surface area contributed by atoms with Crippen LogP contribution in [0.4, 0.5) is 17.1 Å². The summed E-state index contributed by atoms with van der Waals surface area (Å²) in [6, 6.07) is 38.8. The van der Waals surface area contributed by atoms with Crippen molar-refractivity contribution in [1.82, 2.24) is 0 Å². The number of allylic oxidation sites excluding steroid dienone is 4. The number of hydrogen-bond acceptors (Lipinski definition) is 3. The standard InChI is InChI=1S/C37H28N2O/c38-29-11-7-10-24(21-29)25-16-18-36-31(22-25)32-23-26(17-19-37(32)40-36)30-12-3-6-15-35(30)39-33-13-4-1-8-27(33)20-28-9-2-5-14-34(28)39/h1-11,13-19,21-23,30H,12,20,38H2. The summed E-state index contributed by atoms with van der Waals surface area (Å²) in [7, 11) is 0. The molecule has 0 radical (unpaired) electrons. The average Bonchev–Trinajstić information content (AvgIpc) is 3.37. The minimum Gasteiger partial charge on any atom is -0.456 e. The van der Waals surface area contributed by atoms with E-state index in [0.29, 0.717) is 0 Å². The van der Waals surface area contributed by atoms with Crippen molar-refractivity contribution < 1.29 is 4.42 Å². The first kappa shape index (κ1) is 22.9. The molecule has 192 valence electrons. The van der Waals surface area contributed by atoms with E-state index in [2.05, 4.69) is 114 Å². The molecule has 0 saturated carbocycles. The predicted octanol–water partition coefficient (Wildman–Crippen LogP) is 9.51. The summed E-state index contributed by atoms with van der Waals surface area (Å²) in [5.74, 6) is 0.218. The number of anilines is 3. The summed E-state index contributed by atoms with van der Waals surface area (Å²) in [6.45, 7) is 0. The Morgan fingerprint density at radius 3 is 2.15 bits per heavy atom. The molecule has 2 heterocycles. The van der Waals surface area contributed by atoms with E-state index in [0.717, 1.165) is 51.6 Å². The topological polar surface area (TPSA) is 42.4 Å². The van der Waals surface area contributed by atoms with Crippen LogP contribution in [0.5, 0.6) is 0 Å². The Labute approximate surface area is 233 Å². The molecule has 1 aliphatic heterocycles. The second-order valence-electron chi connectivity index (χ2n) is 10.8. The van der Waals surface area contributed by atoms with Gasteiger partial charge in [-0.1, -0.05) is 72.8 Å². The van der Waals surface area contributed by atoms with Crippen LogP contribution < -0.4 is 10.6 Å². The Morgan fingerprint density at radius 1 is 0.675 bits per heavy atom. The highest BCUT2D eigenvalue weighted by atomic mass is 16.3. The molecular formula is C37H28N2O. The molecule has 0 saturated heterocycles. The van der Waals surface area contributed by atoms with Crippen molar-refractivity contribution in [3.63, 3.8) is 0 Å². The van der Waals surface area contributed by atoms with Crippen LogP contribution in [0.2, 0.25) is 0 Å². The van der Waals surface area contributed by atoms with E-state index in [4.69, 9.17) is 10.2 Å². The van der Waals surface area contributed by atoms with E-state index in [1.54, 1.807) is 0 Å². The Morgan fingerprint density at radius 2 is 1.38 bits per heavy atom. The highest BCUT2D eigenvalue weighted by Crippen LogP contribution is 2.47. The minimum absolute atomic E-state index is 0.218. The maximum Gasteiger partial charge on any atom is 0.135 e. The second-order valence-corrected chi connectivity index (χ2v) is 10.8. The number of rotatable bonds is 3. The average molecular weight is 517 g/mol. The number of para-hydroxylation sites is 2. The third kappa shape index (κ3) is 3.66. The van der Waals surface area contributed by atoms with Crippen molar-refractivity contribution in [1.29, 1.82) is 0 Å². The van der Waals surface area contributed by atoms with Gasteiger partial charge < -0.3 is 15.1 Å². The first-order chi connectivity index (χ1) is 19.7. The third-order valence-electron chi connectivity index (χ3n) is 8.35. The molecule has 1 aromatic heterocycles. The van der Waals surface area contributed by atoms with Gasteiger partial charge in [-0.15, -0.1) is 0 Å². The fourth-order valence-electron chi connectivity index (χ4n) is 6.43. The van der Waals surface area contributed by atoms with E-state index in [1.807, 2.05) is 18.2 Å². The molecule has 1 aliphatic carbocycles. The van der Waals surface area contributed by atoms with Crippen LogP contribution in [0.1, 0.15) is 29.0 Å². The lowest BCUT2D eigenvalue weighted by Crippen LogP contribution is -2.27. The van der Waals surface area contributed by atoms with Crippen molar-refractivity contribution >= 4 is 39.0 Å². The lowest BCUT2D eigenvalue weighted by atomic mass is 9.85. The molecule has 0 bridgehead atoms. The lowest BCUT2D eigenvalue weighted by molar-refractivity contribution is 0.668. The van der Waals surface area contributed by atoms with Crippen LogP contribution in [0.3, 0.4) is 0 Å². The summed E-state index contributed by atoms with van der Waals surface area (Å²) >= 11 is 0. The fourth-order valence-corrected chi connectivity index (χ4v) is 6.43. The maximum absolute atomic E-state index is 6.28. The highest BCUT2D eigenvalue weighted by molar-refractivity contribution is 6.06. The van der Waals surface area contributed by atoms with Gasteiger partial charge in [0, 0.05) is 45.9 Å². The van der Waals surface area contributed by atoms with Crippen LogP contribution in [-0.4, -0.2) is 0 Å². The van der Waals surface area contributed by atoms with Crippen molar-refractivity contribution in [2.24, 2.45) is 0 Å². The summed E-state index contributed by atoms with van der Waals surface area (Å²) in [4.78, 5) is 2.48. The van der Waals surface area contributed by atoms with Crippen molar-refractivity contribution in [2.75, 3.05) is 10.6 Å². The smallest absolute Gasteiger partial charge is 0.135 e. The van der Waals surface area contributed by atoms with Crippen LogP contribution in [0, 0.1) is 0 Å². The van der Waals surface area contributed by atoms with Crippen LogP contribution >= 0.6 is 0 Å². The van der Waals surface area contributed by atoms with Gasteiger partial charge in [0.05, 0.1) is 0 Å². The quantitative estimate of drug-likeness (QED) is 0.238. The summed E-state index contributed by atoms with van der Waals surface area (Å²) in [6.07, 6.45) is 8.69. The maximum atomic E-state index is 6.28. The Hall–Kier alpha value is -5.02. The SMILES string of the molecule is Nc1cccc(-c2ccc3oc4ccc(C5CC=CC=C5N5c6ccccc6Cc6ccccc65)cc4c3c2)c1. The van der Waals surface area contributed by atoms with Crippen molar-refractivity contribution in [2.45, 2.75) is 18.8 Å². The minimum atomic E-state index is 0.218. The fraction of sp³-hybridized carbons (Fsp3) is 0.0811. The molecule has 40 heavy (non-hydrogen) atoms. The largest absolute Gasteiger partial charge is 0.456 e. The summed E-state index contributed by atoms with van der Waals surface area (Å²) < 4.78 is 6.28. The first-order valence-electron chi connectivity index (χ1n) is 13.9. The monoisotopic (exact) mass is 516 g/mol. The van der Waals surface area contributed by atoms with Gasteiger partial charge in [-0.25, -0.2) is 0 Å². The van der Waals surface area contributed by atoms with Crippen LogP contribution in [0.25, 0.3) is 33.1 Å². The molecule has 2 aliphatic rings. The van der Waals surface area contributed by atoms with E-state index in [1.165, 1.54) is 33.8 Å². The molecule has 0 amide bonds. The van der Waals surface area contributed by atoms with Gasteiger partial charge in [0.1, 0.15) is 11.2 Å². The number of nitrogen functional groups attached to an aromatic ring is 1. The van der Waals surface area contributed by atoms with Crippen molar-refractivity contribution in [3.05, 3.63) is 150 Å². The normalized spacial score (nSPS) is 16.1. The number of furan rings is 1. The molecule has 0 fully saturated rings. The molecule has 0 spiro atoms. The molecule has 2 N–H and O–H groups in total. The number of benzene rings is 5. The zero-order valence-corrected chi connectivity index (χ0v) is 22.0. The molecule has 3 heteroatoms. The number of fused-ring (bicyclic) bond motifs is 5. The van der Waals surface area contributed by atoms with E-state index in [9.17, 15) is 0 Å². The molecule has 1 unspecified atom stereocenters. The molecular weight excluding hydrogens is 488 g/mol. The zero-order valence-electron chi connectivity index (χ0n) is 22.0. The van der Waals surface area contributed by atoms with Gasteiger partial charge >= 0.3 is 0 Å². The predicted molar refractivity (Wildman–Crippen MR) is 166 cm³/mol. The third-order valence-corrected chi connectivity index (χ3v) is 8.35. The number of nitrogens with two attached hydrogens (primary N) is 1. The van der Waals surface area contributed by atoms with Gasteiger partial charge in [-0.05, 0) is 88.8 Å². The Bertz CT molecular complexity index is 1950. The Kier molecular flexibility index (Phi) is 5.17. The molecule has 3 nitrogen and oxygen atoms in total. The summed E-state index contributed by atoms with van der Waals surface area (Å²) in [5, 5.41) is 2.27. The van der Waals surface area contributed by atoms with E-state index in [-0.39, 0.29) is 5.92 Å². The summed E-state index contributed by atoms with van der Waals surface area (Å²) in [5.41, 5.74) is 18.8. The molecule has 1 atom stereocenters. The van der Waals surface area contributed by atoms with E-state index >= 15 is 0 Å². The second kappa shape index (κ2) is 9.03. The van der Waals surface area contributed by atoms with Gasteiger partial charge in [-0.3, -0.25) is 0 Å². The molecule has 8 rings (SSSR count). The zero-order chi connectivity index (χ0) is 26.6. The van der Waals surface area contributed by atoms with Crippen LogP contribution in [-0.2, 0) is 6.42 Å². The first-order valence-corrected chi connectivity index (χ1v) is 13.9. The Balaban J connectivity index is 1.26. The number of hydrogen-bond donors (Lipinski definition) is 1. The molecule has 5 aromatic carbocycles. The van der Waals surface area contributed by atoms with Crippen molar-refractivity contribution in [3.8, 4) is 11.1 Å². The van der Waals surface area contributed by atoms with Gasteiger partial charge in [0.15, 0.2) is 0 Å². The lowest BCUT2D eigenvalue weighted by Gasteiger charge is -2.38. The molecule has 6 aromatic rings.